The van der Waals surface area contributed by atoms with Gasteiger partial charge in [-0.15, -0.1) is 0 Å². The Labute approximate surface area is 172 Å². The average Bonchev–Trinajstić information content (AvgIpc) is 3.11. The van der Waals surface area contributed by atoms with Gasteiger partial charge in [0.25, 0.3) is 5.91 Å². The highest BCUT2D eigenvalue weighted by Crippen LogP contribution is 2.29. The van der Waals surface area contributed by atoms with Crippen molar-refractivity contribution in [3.05, 3.63) is 59.7 Å². The second-order valence-electron chi connectivity index (χ2n) is 7.08. The molecule has 0 unspecified atom stereocenters. The third kappa shape index (κ3) is 4.64. The number of hydrogen-bond acceptors (Lipinski definition) is 4. The lowest BCUT2D eigenvalue weighted by molar-refractivity contribution is -0.157. The van der Waals surface area contributed by atoms with Crippen LogP contribution in [0.1, 0.15) is 25.8 Å². The minimum atomic E-state index is -1.21. The van der Waals surface area contributed by atoms with E-state index in [9.17, 15) is 23.2 Å². The van der Waals surface area contributed by atoms with Gasteiger partial charge in [-0.05, 0) is 37.1 Å². The molecule has 8 heteroatoms. The van der Waals surface area contributed by atoms with Crippen LogP contribution in [0.3, 0.4) is 0 Å². The predicted octanol–water partition coefficient (Wildman–Crippen LogP) is 3.45. The molecule has 1 heterocycles. The molecule has 1 N–H and O–H groups in total. The van der Waals surface area contributed by atoms with Gasteiger partial charge in [0, 0.05) is 24.7 Å². The highest BCUT2D eigenvalue weighted by Gasteiger charge is 2.37. The molecule has 6 nitrogen and oxygen atoms in total. The number of rotatable bonds is 6. The van der Waals surface area contributed by atoms with Crippen LogP contribution in [0.5, 0.6) is 0 Å². The SMILES string of the molecule is CCc1ccccc1N1C[C@@H](C(=O)O[C@@H](C)C(=O)Nc2ccc(F)cc2F)CC1=O. The number of nitrogens with one attached hydrogen (secondary N) is 1. The normalized spacial score (nSPS) is 17.0. The number of para-hydroxylation sites is 1. The number of anilines is 2. The molecule has 1 aliphatic rings. The number of hydrogen-bond donors (Lipinski definition) is 1. The molecule has 2 atom stereocenters. The number of carbonyl (C=O) groups excluding carboxylic acids is 3. The van der Waals surface area contributed by atoms with Crippen LogP contribution in [0.15, 0.2) is 42.5 Å². The molecular weight excluding hydrogens is 394 g/mol. The van der Waals surface area contributed by atoms with E-state index in [1.54, 1.807) is 4.90 Å². The van der Waals surface area contributed by atoms with Crippen molar-refractivity contribution in [2.24, 2.45) is 5.92 Å². The molecule has 0 radical (unpaired) electrons. The zero-order valence-corrected chi connectivity index (χ0v) is 16.7. The quantitative estimate of drug-likeness (QED) is 0.732. The van der Waals surface area contributed by atoms with Crippen molar-refractivity contribution >= 4 is 29.2 Å². The van der Waals surface area contributed by atoms with E-state index < -0.39 is 35.5 Å². The maximum atomic E-state index is 13.7. The van der Waals surface area contributed by atoms with Gasteiger partial charge in [0.2, 0.25) is 5.91 Å². The van der Waals surface area contributed by atoms with Crippen LogP contribution in [0.2, 0.25) is 0 Å². The van der Waals surface area contributed by atoms with Gasteiger partial charge in [0.1, 0.15) is 11.6 Å². The molecule has 30 heavy (non-hydrogen) atoms. The minimum Gasteiger partial charge on any atom is -0.452 e. The van der Waals surface area contributed by atoms with Crippen molar-refractivity contribution in [2.75, 3.05) is 16.8 Å². The van der Waals surface area contributed by atoms with Crippen molar-refractivity contribution < 1.29 is 27.9 Å². The summed E-state index contributed by atoms with van der Waals surface area (Å²) < 4.78 is 31.8. The highest BCUT2D eigenvalue weighted by atomic mass is 19.1. The van der Waals surface area contributed by atoms with Gasteiger partial charge in [-0.2, -0.15) is 0 Å². The number of carbonyl (C=O) groups is 3. The van der Waals surface area contributed by atoms with Crippen LogP contribution >= 0.6 is 0 Å². The Balaban J connectivity index is 1.61. The van der Waals surface area contributed by atoms with Crippen LogP contribution in [0.25, 0.3) is 0 Å². The minimum absolute atomic E-state index is 0.0161. The number of ether oxygens (including phenoxy) is 1. The summed E-state index contributed by atoms with van der Waals surface area (Å²) in [5.74, 6) is -4.05. The fourth-order valence-electron chi connectivity index (χ4n) is 3.32. The van der Waals surface area contributed by atoms with E-state index in [2.05, 4.69) is 5.32 Å². The van der Waals surface area contributed by atoms with E-state index in [1.807, 2.05) is 31.2 Å². The van der Waals surface area contributed by atoms with Crippen LogP contribution in [-0.4, -0.2) is 30.4 Å². The van der Waals surface area contributed by atoms with E-state index in [1.165, 1.54) is 6.92 Å². The van der Waals surface area contributed by atoms with Crippen LogP contribution < -0.4 is 10.2 Å². The zero-order chi connectivity index (χ0) is 21.8. The molecule has 0 bridgehead atoms. The predicted molar refractivity (Wildman–Crippen MR) is 107 cm³/mol. The molecule has 2 aromatic carbocycles. The first kappa shape index (κ1) is 21.4. The van der Waals surface area contributed by atoms with Gasteiger partial charge in [0.15, 0.2) is 6.10 Å². The van der Waals surface area contributed by atoms with E-state index in [0.29, 0.717) is 6.07 Å². The first-order valence-corrected chi connectivity index (χ1v) is 9.64. The number of nitrogens with zero attached hydrogens (tertiary/aromatic N) is 1. The first-order valence-electron chi connectivity index (χ1n) is 9.64. The van der Waals surface area contributed by atoms with E-state index in [4.69, 9.17) is 4.74 Å². The third-order valence-corrected chi connectivity index (χ3v) is 4.97. The number of benzene rings is 2. The Hall–Kier alpha value is -3.29. The smallest absolute Gasteiger partial charge is 0.312 e. The van der Waals surface area contributed by atoms with E-state index in [-0.39, 0.29) is 24.6 Å². The van der Waals surface area contributed by atoms with Gasteiger partial charge in [-0.1, -0.05) is 25.1 Å². The van der Waals surface area contributed by atoms with E-state index in [0.717, 1.165) is 29.8 Å². The summed E-state index contributed by atoms with van der Waals surface area (Å²) in [7, 11) is 0. The Morgan fingerprint density at radius 2 is 1.97 bits per heavy atom. The van der Waals surface area contributed by atoms with Crippen LogP contribution in [0, 0.1) is 17.6 Å². The molecule has 1 saturated heterocycles. The van der Waals surface area contributed by atoms with Gasteiger partial charge in [-0.3, -0.25) is 14.4 Å². The van der Waals surface area contributed by atoms with Crippen molar-refractivity contribution in [1.29, 1.82) is 0 Å². The van der Waals surface area contributed by atoms with Crippen molar-refractivity contribution in [2.45, 2.75) is 32.8 Å². The second kappa shape index (κ2) is 9.02. The molecule has 1 aliphatic heterocycles. The van der Waals surface area contributed by atoms with E-state index >= 15 is 0 Å². The molecule has 0 spiro atoms. The summed E-state index contributed by atoms with van der Waals surface area (Å²) in [6.07, 6.45) is -0.488. The molecular formula is C22H22F2N2O4. The Morgan fingerprint density at radius 1 is 1.23 bits per heavy atom. The Morgan fingerprint density at radius 3 is 2.67 bits per heavy atom. The largest absolute Gasteiger partial charge is 0.452 e. The summed E-state index contributed by atoms with van der Waals surface area (Å²) in [5.41, 5.74) is 1.54. The Kier molecular flexibility index (Phi) is 6.44. The summed E-state index contributed by atoms with van der Waals surface area (Å²) >= 11 is 0. The third-order valence-electron chi connectivity index (χ3n) is 4.97. The molecule has 0 saturated carbocycles. The number of amides is 2. The molecule has 2 aromatic rings. The molecule has 2 amide bonds. The number of aryl methyl sites for hydroxylation is 1. The summed E-state index contributed by atoms with van der Waals surface area (Å²) in [6.45, 7) is 3.49. The maximum absolute atomic E-state index is 13.7. The lowest BCUT2D eigenvalue weighted by Gasteiger charge is -2.20. The lowest BCUT2D eigenvalue weighted by atomic mass is 10.1. The van der Waals surface area contributed by atoms with Crippen LogP contribution in [0.4, 0.5) is 20.2 Å². The highest BCUT2D eigenvalue weighted by molar-refractivity contribution is 6.01. The van der Waals surface area contributed by atoms with Gasteiger partial charge < -0.3 is 15.0 Å². The summed E-state index contributed by atoms with van der Waals surface area (Å²) in [6, 6.07) is 10.2. The van der Waals surface area contributed by atoms with Crippen molar-refractivity contribution in [3.63, 3.8) is 0 Å². The second-order valence-corrected chi connectivity index (χ2v) is 7.08. The zero-order valence-electron chi connectivity index (χ0n) is 16.7. The Bertz CT molecular complexity index is 979. The maximum Gasteiger partial charge on any atom is 0.312 e. The topological polar surface area (TPSA) is 75.7 Å². The van der Waals surface area contributed by atoms with Gasteiger partial charge in [0.05, 0.1) is 11.6 Å². The first-order chi connectivity index (χ1) is 14.3. The van der Waals surface area contributed by atoms with Crippen molar-refractivity contribution in [3.8, 4) is 0 Å². The lowest BCUT2D eigenvalue weighted by Crippen LogP contribution is -2.33. The fraction of sp³-hybridized carbons (Fsp3) is 0.318. The van der Waals surface area contributed by atoms with Crippen LogP contribution in [-0.2, 0) is 25.5 Å². The molecule has 0 aromatic heterocycles. The summed E-state index contributed by atoms with van der Waals surface area (Å²) in [4.78, 5) is 38.7. The monoisotopic (exact) mass is 416 g/mol. The number of halogens is 2. The fourth-order valence-corrected chi connectivity index (χ4v) is 3.32. The summed E-state index contributed by atoms with van der Waals surface area (Å²) in [5, 5.41) is 2.26. The van der Waals surface area contributed by atoms with Crippen molar-refractivity contribution in [1.82, 2.24) is 0 Å². The number of esters is 1. The standard InChI is InChI=1S/C22H22F2N2O4/c1-3-14-6-4-5-7-19(14)26-12-15(10-20(26)27)22(29)30-13(2)21(28)25-18-9-8-16(23)11-17(18)24/h4-9,11,13,15H,3,10,12H2,1-2H3,(H,25,28)/t13-,15-/m0/s1. The molecule has 158 valence electrons. The molecule has 1 fully saturated rings. The average molecular weight is 416 g/mol. The molecule has 3 rings (SSSR count). The van der Waals surface area contributed by atoms with Gasteiger partial charge >= 0.3 is 5.97 Å². The molecule has 0 aliphatic carbocycles. The van der Waals surface area contributed by atoms with Gasteiger partial charge in [-0.25, -0.2) is 8.78 Å².